The van der Waals surface area contributed by atoms with E-state index in [1.54, 1.807) is 0 Å². The molecule has 0 amide bonds. The van der Waals surface area contributed by atoms with Crippen LogP contribution in [0.25, 0.3) is 0 Å². The zero-order valence-electron chi connectivity index (χ0n) is 12.5. The highest BCUT2D eigenvalue weighted by molar-refractivity contribution is 5.56. The minimum Gasteiger partial charge on any atom is -0.366 e. The normalized spacial score (nSPS) is 21.7. The summed E-state index contributed by atoms with van der Waals surface area (Å²) in [6, 6.07) is 9.21. The van der Waals surface area contributed by atoms with E-state index in [1.165, 1.54) is 17.7 Å². The van der Waals surface area contributed by atoms with Crippen LogP contribution < -0.4 is 10.6 Å². The number of benzene rings is 1. The molecule has 0 aliphatic carbocycles. The third kappa shape index (κ3) is 3.28. The number of likely N-dealkylation sites (N-methyl/N-ethyl adjacent to an activating group) is 1. The largest absolute Gasteiger partial charge is 0.366 e. The second kappa shape index (κ2) is 6.40. The monoisotopic (exact) mass is 261 g/mol. The number of hydrogen-bond acceptors (Lipinski definition) is 3. The number of anilines is 1. The maximum Gasteiger partial charge on any atom is 0.0539 e. The van der Waals surface area contributed by atoms with E-state index in [2.05, 4.69) is 55.0 Å². The van der Waals surface area contributed by atoms with Gasteiger partial charge >= 0.3 is 0 Å². The summed E-state index contributed by atoms with van der Waals surface area (Å²) in [5.41, 5.74) is 8.83. The van der Waals surface area contributed by atoms with Gasteiger partial charge in [-0.2, -0.15) is 0 Å². The standard InChI is InChI=1S/C16H27N3/c1-13(2)15-7-4-5-8-16(15)19-10-6-9-18(3)12-14(19)11-17/h4-5,7-8,13-14H,6,9-12,17H2,1-3H3. The van der Waals surface area contributed by atoms with Crippen LogP contribution in [0.2, 0.25) is 0 Å². The lowest BCUT2D eigenvalue weighted by Crippen LogP contribution is -2.45. The van der Waals surface area contributed by atoms with Gasteiger partial charge in [-0.3, -0.25) is 0 Å². The molecular weight excluding hydrogens is 234 g/mol. The molecule has 1 aliphatic rings. The van der Waals surface area contributed by atoms with Crippen LogP contribution in [0.3, 0.4) is 0 Å². The SMILES string of the molecule is CC(C)c1ccccc1N1CCCN(C)CC1CN. The maximum atomic E-state index is 6.02. The average Bonchev–Trinajstić information content (AvgIpc) is 2.60. The molecule has 1 aromatic rings. The highest BCUT2D eigenvalue weighted by atomic mass is 15.2. The third-order valence-corrected chi connectivity index (χ3v) is 4.04. The Bertz CT molecular complexity index is 403. The molecule has 1 fully saturated rings. The Balaban J connectivity index is 2.32. The summed E-state index contributed by atoms with van der Waals surface area (Å²) in [6.45, 7) is 8.58. The van der Waals surface area contributed by atoms with Gasteiger partial charge in [0, 0.05) is 25.3 Å². The van der Waals surface area contributed by atoms with Gasteiger partial charge in [-0.1, -0.05) is 32.0 Å². The molecule has 3 nitrogen and oxygen atoms in total. The number of hydrogen-bond donors (Lipinski definition) is 1. The van der Waals surface area contributed by atoms with Crippen molar-refractivity contribution in [3.05, 3.63) is 29.8 Å². The molecule has 1 unspecified atom stereocenters. The molecule has 0 spiro atoms. The van der Waals surface area contributed by atoms with E-state index in [4.69, 9.17) is 5.73 Å². The Morgan fingerprint density at radius 2 is 2.00 bits per heavy atom. The molecule has 1 atom stereocenters. The smallest absolute Gasteiger partial charge is 0.0539 e. The highest BCUT2D eigenvalue weighted by Crippen LogP contribution is 2.29. The first-order valence-corrected chi connectivity index (χ1v) is 7.37. The number of nitrogens with zero attached hydrogens (tertiary/aromatic N) is 2. The van der Waals surface area contributed by atoms with Crippen molar-refractivity contribution < 1.29 is 0 Å². The van der Waals surface area contributed by atoms with Gasteiger partial charge in [-0.15, -0.1) is 0 Å². The Morgan fingerprint density at radius 3 is 2.68 bits per heavy atom. The Morgan fingerprint density at radius 1 is 1.26 bits per heavy atom. The Labute approximate surface area is 117 Å². The minimum atomic E-state index is 0.424. The molecular formula is C16H27N3. The van der Waals surface area contributed by atoms with Gasteiger partial charge in [0.2, 0.25) is 0 Å². The van der Waals surface area contributed by atoms with Crippen LogP contribution in [-0.2, 0) is 0 Å². The van der Waals surface area contributed by atoms with E-state index in [0.29, 0.717) is 12.0 Å². The molecule has 2 rings (SSSR count). The fourth-order valence-corrected chi connectivity index (χ4v) is 3.00. The predicted molar refractivity (Wildman–Crippen MR) is 82.8 cm³/mol. The summed E-state index contributed by atoms with van der Waals surface area (Å²) in [4.78, 5) is 4.92. The van der Waals surface area contributed by atoms with Crippen LogP contribution in [0.5, 0.6) is 0 Å². The molecule has 1 aromatic carbocycles. The zero-order valence-corrected chi connectivity index (χ0v) is 12.5. The van der Waals surface area contributed by atoms with Gasteiger partial charge in [0.25, 0.3) is 0 Å². The van der Waals surface area contributed by atoms with Gasteiger partial charge in [-0.25, -0.2) is 0 Å². The average molecular weight is 261 g/mol. The van der Waals surface area contributed by atoms with Crippen LogP contribution in [0.1, 0.15) is 31.7 Å². The molecule has 0 bridgehead atoms. The van der Waals surface area contributed by atoms with Crippen molar-refractivity contribution in [2.75, 3.05) is 38.1 Å². The summed E-state index contributed by atoms with van der Waals surface area (Å²) < 4.78 is 0. The Kier molecular flexibility index (Phi) is 4.83. The van der Waals surface area contributed by atoms with Crippen LogP contribution in [0.4, 0.5) is 5.69 Å². The van der Waals surface area contributed by atoms with Gasteiger partial charge in [0.15, 0.2) is 0 Å². The van der Waals surface area contributed by atoms with Crippen LogP contribution >= 0.6 is 0 Å². The van der Waals surface area contributed by atoms with Crippen molar-refractivity contribution in [3.8, 4) is 0 Å². The molecule has 106 valence electrons. The number of rotatable bonds is 3. The summed E-state index contributed by atoms with van der Waals surface area (Å²) >= 11 is 0. The molecule has 1 aliphatic heterocycles. The van der Waals surface area contributed by atoms with Crippen molar-refractivity contribution in [2.45, 2.75) is 32.2 Å². The molecule has 2 N–H and O–H groups in total. The van der Waals surface area contributed by atoms with E-state index < -0.39 is 0 Å². The van der Waals surface area contributed by atoms with Crippen LogP contribution in [-0.4, -0.2) is 44.2 Å². The van der Waals surface area contributed by atoms with Gasteiger partial charge in [-0.05, 0) is 37.6 Å². The predicted octanol–water partition coefficient (Wildman–Crippen LogP) is 2.28. The van der Waals surface area contributed by atoms with E-state index >= 15 is 0 Å². The Hall–Kier alpha value is -1.06. The zero-order chi connectivity index (χ0) is 13.8. The van der Waals surface area contributed by atoms with E-state index in [0.717, 1.165) is 26.2 Å². The second-order valence-electron chi connectivity index (χ2n) is 5.91. The van der Waals surface area contributed by atoms with Crippen molar-refractivity contribution >= 4 is 5.69 Å². The highest BCUT2D eigenvalue weighted by Gasteiger charge is 2.24. The molecule has 19 heavy (non-hydrogen) atoms. The van der Waals surface area contributed by atoms with Gasteiger partial charge in [0.1, 0.15) is 0 Å². The molecule has 0 radical (unpaired) electrons. The topological polar surface area (TPSA) is 32.5 Å². The molecule has 0 aromatic heterocycles. The van der Waals surface area contributed by atoms with Crippen molar-refractivity contribution in [1.29, 1.82) is 0 Å². The van der Waals surface area contributed by atoms with Crippen molar-refractivity contribution in [1.82, 2.24) is 4.90 Å². The summed E-state index contributed by atoms with van der Waals surface area (Å²) in [5.74, 6) is 0.551. The first-order valence-electron chi connectivity index (χ1n) is 7.37. The summed E-state index contributed by atoms with van der Waals surface area (Å²) in [6.07, 6.45) is 1.21. The van der Waals surface area contributed by atoms with Gasteiger partial charge in [0.05, 0.1) is 6.04 Å². The van der Waals surface area contributed by atoms with E-state index in [1.807, 2.05) is 0 Å². The second-order valence-corrected chi connectivity index (χ2v) is 5.91. The number of nitrogens with two attached hydrogens (primary N) is 1. The lowest BCUT2D eigenvalue weighted by atomic mass is 9.99. The third-order valence-electron chi connectivity index (χ3n) is 4.04. The molecule has 1 heterocycles. The van der Waals surface area contributed by atoms with Crippen molar-refractivity contribution in [2.24, 2.45) is 5.73 Å². The fraction of sp³-hybridized carbons (Fsp3) is 0.625. The lowest BCUT2D eigenvalue weighted by molar-refractivity contribution is 0.332. The first-order chi connectivity index (χ1) is 9.13. The number of para-hydroxylation sites is 1. The molecule has 1 saturated heterocycles. The summed E-state index contributed by atoms with van der Waals surface area (Å²) in [5, 5.41) is 0. The van der Waals surface area contributed by atoms with Crippen LogP contribution in [0.15, 0.2) is 24.3 Å². The first kappa shape index (κ1) is 14.4. The maximum absolute atomic E-state index is 6.02. The molecule has 0 saturated carbocycles. The van der Waals surface area contributed by atoms with Crippen LogP contribution in [0, 0.1) is 0 Å². The fourth-order valence-electron chi connectivity index (χ4n) is 3.00. The van der Waals surface area contributed by atoms with E-state index in [-0.39, 0.29) is 0 Å². The summed E-state index contributed by atoms with van der Waals surface area (Å²) in [7, 11) is 2.19. The molecule has 3 heteroatoms. The van der Waals surface area contributed by atoms with Crippen molar-refractivity contribution in [3.63, 3.8) is 0 Å². The van der Waals surface area contributed by atoms with E-state index in [9.17, 15) is 0 Å². The van der Waals surface area contributed by atoms with Gasteiger partial charge < -0.3 is 15.5 Å². The minimum absolute atomic E-state index is 0.424. The lowest BCUT2D eigenvalue weighted by Gasteiger charge is -2.34. The quantitative estimate of drug-likeness (QED) is 0.906.